The van der Waals surface area contributed by atoms with Crippen LogP contribution in [-0.2, 0) is 6.42 Å². The molecule has 0 saturated carbocycles. The average molecular weight is 229 g/mol. The van der Waals surface area contributed by atoms with E-state index >= 15 is 0 Å². The van der Waals surface area contributed by atoms with Crippen LogP contribution in [0.3, 0.4) is 0 Å². The zero-order chi connectivity index (χ0) is 12.3. The first-order chi connectivity index (χ1) is 7.45. The maximum Gasteiger partial charge on any atom is 0.253 e. The van der Waals surface area contributed by atoms with Crippen LogP contribution in [0.15, 0.2) is 12.1 Å². The fourth-order valence-electron chi connectivity index (χ4n) is 1.84. The molecular weight excluding hydrogens is 212 g/mol. The van der Waals surface area contributed by atoms with Crippen molar-refractivity contribution >= 4 is 0 Å². The largest absolute Gasteiger partial charge is 0.496 e. The Morgan fingerprint density at radius 1 is 1.25 bits per heavy atom. The number of hydrogen-bond acceptors (Lipinski definition) is 2. The Balaban J connectivity index is 2.91. The second kappa shape index (κ2) is 5.25. The molecule has 0 radical (unpaired) electrons. The number of methoxy groups -OCH3 is 1. The molecular formula is C12H17F2NO. The molecule has 1 rings (SSSR count). The van der Waals surface area contributed by atoms with E-state index < -0.39 is 12.5 Å². The first-order valence-corrected chi connectivity index (χ1v) is 5.13. The summed E-state index contributed by atoms with van der Waals surface area (Å²) in [7, 11) is 1.60. The summed E-state index contributed by atoms with van der Waals surface area (Å²) in [6.45, 7) is 3.78. The van der Waals surface area contributed by atoms with Gasteiger partial charge in [-0.15, -0.1) is 0 Å². The fourth-order valence-corrected chi connectivity index (χ4v) is 1.84. The normalized spacial score (nSPS) is 12.9. The Bertz CT molecular complexity index is 343. The predicted molar refractivity (Wildman–Crippen MR) is 60.2 cm³/mol. The summed E-state index contributed by atoms with van der Waals surface area (Å²) in [4.78, 5) is 0. The summed E-state index contributed by atoms with van der Waals surface area (Å²) >= 11 is 0. The van der Waals surface area contributed by atoms with Crippen LogP contribution in [0.5, 0.6) is 5.75 Å². The number of ether oxygens (including phenoxy) is 1. The van der Waals surface area contributed by atoms with Crippen molar-refractivity contribution in [3.8, 4) is 5.75 Å². The Hall–Kier alpha value is -1.16. The van der Waals surface area contributed by atoms with E-state index in [1.54, 1.807) is 7.11 Å². The van der Waals surface area contributed by atoms with Crippen LogP contribution in [0.2, 0.25) is 0 Å². The molecule has 0 saturated heterocycles. The highest BCUT2D eigenvalue weighted by Gasteiger charge is 2.16. The van der Waals surface area contributed by atoms with Crippen LogP contribution in [0, 0.1) is 13.8 Å². The highest BCUT2D eigenvalue weighted by Crippen LogP contribution is 2.25. The number of rotatable bonds is 4. The van der Waals surface area contributed by atoms with Gasteiger partial charge < -0.3 is 10.5 Å². The van der Waals surface area contributed by atoms with Crippen molar-refractivity contribution in [2.45, 2.75) is 32.7 Å². The van der Waals surface area contributed by atoms with Gasteiger partial charge in [0.05, 0.1) is 13.2 Å². The Labute approximate surface area is 94.4 Å². The number of benzene rings is 1. The van der Waals surface area contributed by atoms with E-state index in [0.29, 0.717) is 0 Å². The minimum Gasteiger partial charge on any atom is -0.496 e. The van der Waals surface area contributed by atoms with E-state index in [9.17, 15) is 8.78 Å². The first-order valence-electron chi connectivity index (χ1n) is 5.13. The Kier molecular flexibility index (Phi) is 4.24. The van der Waals surface area contributed by atoms with Crippen molar-refractivity contribution in [1.82, 2.24) is 0 Å². The number of aryl methyl sites for hydroxylation is 2. The molecule has 1 aromatic carbocycles. The molecule has 0 spiro atoms. The van der Waals surface area contributed by atoms with Gasteiger partial charge in [0, 0.05) is 0 Å². The van der Waals surface area contributed by atoms with Crippen molar-refractivity contribution in [2.75, 3.05) is 7.11 Å². The summed E-state index contributed by atoms with van der Waals surface area (Å²) < 4.78 is 29.8. The molecule has 16 heavy (non-hydrogen) atoms. The topological polar surface area (TPSA) is 35.2 Å². The molecule has 2 nitrogen and oxygen atoms in total. The SMILES string of the molecule is COc1c(C)cc(CC(N)C(F)F)cc1C. The van der Waals surface area contributed by atoms with E-state index in [1.807, 2.05) is 26.0 Å². The third-order valence-electron chi connectivity index (χ3n) is 2.52. The Morgan fingerprint density at radius 2 is 1.75 bits per heavy atom. The summed E-state index contributed by atoms with van der Waals surface area (Å²) in [5, 5.41) is 0. The second-order valence-electron chi connectivity index (χ2n) is 3.97. The van der Waals surface area contributed by atoms with Crippen LogP contribution >= 0.6 is 0 Å². The highest BCUT2D eigenvalue weighted by molar-refractivity contribution is 5.43. The zero-order valence-corrected chi connectivity index (χ0v) is 9.76. The van der Waals surface area contributed by atoms with Gasteiger partial charge in [0.15, 0.2) is 0 Å². The Morgan fingerprint density at radius 3 is 2.12 bits per heavy atom. The smallest absolute Gasteiger partial charge is 0.253 e. The highest BCUT2D eigenvalue weighted by atomic mass is 19.3. The molecule has 0 heterocycles. The third-order valence-corrected chi connectivity index (χ3v) is 2.52. The molecule has 0 fully saturated rings. The fraction of sp³-hybridized carbons (Fsp3) is 0.500. The van der Waals surface area contributed by atoms with Gasteiger partial charge in [0.2, 0.25) is 0 Å². The van der Waals surface area contributed by atoms with E-state index in [4.69, 9.17) is 10.5 Å². The van der Waals surface area contributed by atoms with E-state index in [2.05, 4.69) is 0 Å². The molecule has 1 aromatic rings. The number of nitrogens with two attached hydrogens (primary N) is 1. The predicted octanol–water partition coefficient (Wildman–Crippen LogP) is 2.45. The summed E-state index contributed by atoms with van der Waals surface area (Å²) in [5.41, 5.74) is 8.05. The van der Waals surface area contributed by atoms with Gasteiger partial charge in [-0.1, -0.05) is 12.1 Å². The van der Waals surface area contributed by atoms with Gasteiger partial charge in [0.25, 0.3) is 6.43 Å². The van der Waals surface area contributed by atoms with Crippen LogP contribution < -0.4 is 10.5 Å². The summed E-state index contributed by atoms with van der Waals surface area (Å²) in [6, 6.07) is 2.58. The first kappa shape index (κ1) is 12.9. The molecule has 0 aromatic heterocycles. The molecule has 1 unspecified atom stereocenters. The zero-order valence-electron chi connectivity index (χ0n) is 9.76. The summed E-state index contributed by atoms with van der Waals surface area (Å²) in [6.07, 6.45) is -2.30. The lowest BCUT2D eigenvalue weighted by Crippen LogP contribution is -2.30. The van der Waals surface area contributed by atoms with Crippen molar-refractivity contribution in [3.05, 3.63) is 28.8 Å². The van der Waals surface area contributed by atoms with E-state index in [-0.39, 0.29) is 6.42 Å². The van der Waals surface area contributed by atoms with Crippen molar-refractivity contribution in [3.63, 3.8) is 0 Å². The molecule has 0 bridgehead atoms. The monoisotopic (exact) mass is 229 g/mol. The molecule has 1 atom stereocenters. The van der Waals surface area contributed by atoms with Gasteiger partial charge in [0.1, 0.15) is 5.75 Å². The van der Waals surface area contributed by atoms with E-state index in [0.717, 1.165) is 22.4 Å². The van der Waals surface area contributed by atoms with Crippen molar-refractivity contribution in [1.29, 1.82) is 0 Å². The molecule has 0 aliphatic heterocycles. The number of hydrogen-bond donors (Lipinski definition) is 1. The van der Waals surface area contributed by atoms with Gasteiger partial charge >= 0.3 is 0 Å². The molecule has 0 aliphatic rings. The minimum atomic E-state index is -2.48. The van der Waals surface area contributed by atoms with Crippen molar-refractivity contribution in [2.24, 2.45) is 5.73 Å². The average Bonchev–Trinajstić information content (AvgIpc) is 2.16. The van der Waals surface area contributed by atoms with Gasteiger partial charge in [-0.3, -0.25) is 0 Å². The molecule has 0 amide bonds. The maximum atomic E-state index is 12.3. The van der Waals surface area contributed by atoms with Gasteiger partial charge in [-0.2, -0.15) is 0 Å². The van der Waals surface area contributed by atoms with Crippen LogP contribution in [0.4, 0.5) is 8.78 Å². The quantitative estimate of drug-likeness (QED) is 0.860. The molecule has 4 heteroatoms. The van der Waals surface area contributed by atoms with Gasteiger partial charge in [-0.05, 0) is 37.0 Å². The lowest BCUT2D eigenvalue weighted by Gasteiger charge is -2.14. The molecule has 2 N–H and O–H groups in total. The third kappa shape index (κ3) is 2.92. The maximum absolute atomic E-state index is 12.3. The number of alkyl halides is 2. The van der Waals surface area contributed by atoms with Crippen LogP contribution in [0.1, 0.15) is 16.7 Å². The van der Waals surface area contributed by atoms with E-state index in [1.165, 1.54) is 0 Å². The standard InChI is InChI=1S/C12H17F2NO/c1-7-4-9(6-10(15)12(13)14)5-8(2)11(7)16-3/h4-5,10,12H,6,15H2,1-3H3. The van der Waals surface area contributed by atoms with Crippen LogP contribution in [0.25, 0.3) is 0 Å². The van der Waals surface area contributed by atoms with Crippen LogP contribution in [-0.4, -0.2) is 19.6 Å². The van der Waals surface area contributed by atoms with Gasteiger partial charge in [-0.25, -0.2) is 8.78 Å². The summed E-state index contributed by atoms with van der Waals surface area (Å²) in [5.74, 6) is 0.800. The minimum absolute atomic E-state index is 0.184. The number of halogens is 2. The second-order valence-corrected chi connectivity index (χ2v) is 3.97. The molecule has 0 aliphatic carbocycles. The lowest BCUT2D eigenvalue weighted by molar-refractivity contribution is 0.116. The molecule has 90 valence electrons. The lowest BCUT2D eigenvalue weighted by atomic mass is 10.0. The van der Waals surface area contributed by atoms with Crippen molar-refractivity contribution < 1.29 is 13.5 Å².